The molecule has 1 heterocycles. The number of nitrogens with zero attached hydrogens (tertiary/aromatic N) is 2. The molecule has 2 nitrogen and oxygen atoms in total. The smallest absolute Gasteiger partial charge is 0.125 e. The van der Waals surface area contributed by atoms with Crippen LogP contribution in [0.5, 0.6) is 0 Å². The summed E-state index contributed by atoms with van der Waals surface area (Å²) in [6.07, 6.45) is 0.521. The summed E-state index contributed by atoms with van der Waals surface area (Å²) in [5.41, 5.74) is 0.923. The van der Waals surface area contributed by atoms with Gasteiger partial charge in [0.2, 0.25) is 0 Å². The molecule has 2 atom stereocenters. The minimum Gasteiger partial charge on any atom is -0.370 e. The summed E-state index contributed by atoms with van der Waals surface area (Å²) in [4.78, 5) is 3.11. The van der Waals surface area contributed by atoms with Crippen molar-refractivity contribution in [2.45, 2.75) is 29.5 Å². The molecule has 0 aromatic heterocycles. The molecular formula is C12H13FN2S. The van der Waals surface area contributed by atoms with Crippen molar-refractivity contribution in [3.8, 4) is 6.07 Å². The van der Waals surface area contributed by atoms with Crippen LogP contribution in [0, 0.1) is 17.1 Å². The Bertz CT molecular complexity index is 441. The first kappa shape index (κ1) is 11.3. The molecule has 0 aliphatic carbocycles. The topological polar surface area (TPSA) is 27.0 Å². The van der Waals surface area contributed by atoms with Gasteiger partial charge < -0.3 is 4.90 Å². The predicted octanol–water partition coefficient (Wildman–Crippen LogP) is 3.04. The number of hydrogen-bond acceptors (Lipinski definition) is 3. The van der Waals surface area contributed by atoms with Gasteiger partial charge in [-0.15, -0.1) is 11.8 Å². The normalized spacial score (nSPS) is 23.8. The van der Waals surface area contributed by atoms with Crippen LogP contribution in [0.2, 0.25) is 0 Å². The number of nitriles is 1. The molecule has 0 bridgehead atoms. The first-order valence-corrected chi connectivity index (χ1v) is 6.07. The number of anilines is 1. The first-order chi connectivity index (χ1) is 7.63. The summed E-state index contributed by atoms with van der Waals surface area (Å²) >= 11 is 1.67. The largest absolute Gasteiger partial charge is 0.370 e. The van der Waals surface area contributed by atoms with Crippen LogP contribution in [0.15, 0.2) is 23.1 Å². The maximum atomic E-state index is 13.2. The molecule has 1 aromatic carbocycles. The number of halogens is 1. The number of thioether (sulfide) groups is 1. The molecule has 0 saturated carbocycles. The lowest BCUT2D eigenvalue weighted by atomic mass is 10.1. The van der Waals surface area contributed by atoms with E-state index in [2.05, 4.69) is 17.9 Å². The average molecular weight is 236 g/mol. The van der Waals surface area contributed by atoms with Gasteiger partial charge in [-0.25, -0.2) is 4.39 Å². The maximum Gasteiger partial charge on any atom is 0.125 e. The molecule has 0 N–H and O–H groups in total. The van der Waals surface area contributed by atoms with Gasteiger partial charge in [0.25, 0.3) is 0 Å². The summed E-state index contributed by atoms with van der Waals surface area (Å²) in [5, 5.41) is 9.03. The number of hydrogen-bond donors (Lipinski definition) is 0. The van der Waals surface area contributed by atoms with Crippen molar-refractivity contribution in [3.05, 3.63) is 24.0 Å². The zero-order chi connectivity index (χ0) is 11.7. The fraction of sp³-hybridized carbons (Fsp3) is 0.417. The lowest BCUT2D eigenvalue weighted by molar-refractivity contribution is 0.612. The molecule has 0 spiro atoms. The van der Waals surface area contributed by atoms with Gasteiger partial charge >= 0.3 is 0 Å². The average Bonchev–Trinajstić information content (AvgIpc) is 2.27. The Labute approximate surface area is 99.1 Å². The minimum absolute atomic E-state index is 0.211. The van der Waals surface area contributed by atoms with Crippen LogP contribution >= 0.6 is 11.8 Å². The van der Waals surface area contributed by atoms with Crippen molar-refractivity contribution in [2.24, 2.45) is 0 Å². The van der Waals surface area contributed by atoms with Crippen molar-refractivity contribution < 1.29 is 4.39 Å². The molecule has 0 amide bonds. The van der Waals surface area contributed by atoms with Crippen molar-refractivity contribution in [1.29, 1.82) is 5.26 Å². The highest BCUT2D eigenvalue weighted by molar-refractivity contribution is 8.00. The second-order valence-corrected chi connectivity index (χ2v) is 5.26. The van der Waals surface area contributed by atoms with Gasteiger partial charge in [0.1, 0.15) is 5.82 Å². The predicted molar refractivity (Wildman–Crippen MR) is 64.1 cm³/mol. The van der Waals surface area contributed by atoms with Crippen LogP contribution in [-0.4, -0.2) is 18.3 Å². The third-order valence-corrected chi connectivity index (χ3v) is 4.48. The lowest BCUT2D eigenvalue weighted by Gasteiger charge is -2.38. The molecule has 16 heavy (non-hydrogen) atoms. The Kier molecular flexibility index (Phi) is 3.06. The van der Waals surface area contributed by atoms with E-state index in [1.54, 1.807) is 23.9 Å². The summed E-state index contributed by atoms with van der Waals surface area (Å²) in [6, 6.07) is 7.28. The van der Waals surface area contributed by atoms with Crippen LogP contribution in [0.25, 0.3) is 0 Å². The molecule has 0 radical (unpaired) electrons. The van der Waals surface area contributed by atoms with Gasteiger partial charge in [-0.2, -0.15) is 5.26 Å². The third-order valence-electron chi connectivity index (χ3n) is 3.02. The Hall–Kier alpha value is -1.21. The molecule has 1 aromatic rings. The van der Waals surface area contributed by atoms with Crippen LogP contribution in [0.3, 0.4) is 0 Å². The van der Waals surface area contributed by atoms with E-state index in [1.165, 1.54) is 6.07 Å². The fourth-order valence-corrected chi connectivity index (χ4v) is 3.23. The van der Waals surface area contributed by atoms with E-state index < -0.39 is 0 Å². The second-order valence-electron chi connectivity index (χ2n) is 3.98. The third kappa shape index (κ3) is 1.88. The van der Waals surface area contributed by atoms with Gasteiger partial charge in [0.15, 0.2) is 0 Å². The number of benzene rings is 1. The molecule has 0 fully saturated rings. The minimum atomic E-state index is -0.211. The molecule has 2 unspecified atom stereocenters. The van der Waals surface area contributed by atoms with Crippen molar-refractivity contribution in [2.75, 3.05) is 11.9 Å². The molecule has 4 heteroatoms. The summed E-state index contributed by atoms with van der Waals surface area (Å²) in [6.45, 7) is 2.07. The molecule has 1 aliphatic rings. The Balaban J connectivity index is 2.37. The van der Waals surface area contributed by atoms with Crippen molar-refractivity contribution in [1.82, 2.24) is 0 Å². The van der Waals surface area contributed by atoms with E-state index in [9.17, 15) is 4.39 Å². The summed E-state index contributed by atoms with van der Waals surface area (Å²) < 4.78 is 13.2. The van der Waals surface area contributed by atoms with E-state index >= 15 is 0 Å². The molecule has 0 saturated heterocycles. The second kappa shape index (κ2) is 4.34. The zero-order valence-corrected chi connectivity index (χ0v) is 10.1. The van der Waals surface area contributed by atoms with E-state index in [0.717, 1.165) is 10.6 Å². The van der Waals surface area contributed by atoms with Gasteiger partial charge in [0, 0.05) is 29.7 Å². The van der Waals surface area contributed by atoms with Gasteiger partial charge in [-0.3, -0.25) is 0 Å². The monoisotopic (exact) mass is 236 g/mol. The van der Waals surface area contributed by atoms with Crippen molar-refractivity contribution in [3.63, 3.8) is 0 Å². The highest BCUT2D eigenvalue weighted by atomic mass is 32.2. The highest BCUT2D eigenvalue weighted by Crippen LogP contribution is 2.42. The van der Waals surface area contributed by atoms with Crippen LogP contribution < -0.4 is 4.90 Å². The Morgan fingerprint density at radius 2 is 2.31 bits per heavy atom. The first-order valence-electron chi connectivity index (χ1n) is 5.19. The van der Waals surface area contributed by atoms with E-state index in [1.807, 2.05) is 7.05 Å². The Morgan fingerprint density at radius 3 is 3.00 bits per heavy atom. The van der Waals surface area contributed by atoms with Crippen LogP contribution in [0.4, 0.5) is 10.1 Å². The van der Waals surface area contributed by atoms with Crippen LogP contribution in [0.1, 0.15) is 13.3 Å². The van der Waals surface area contributed by atoms with E-state index in [4.69, 9.17) is 5.26 Å². The van der Waals surface area contributed by atoms with Gasteiger partial charge in [-0.1, -0.05) is 0 Å². The summed E-state index contributed by atoms with van der Waals surface area (Å²) in [5.74, 6) is -0.211. The summed E-state index contributed by atoms with van der Waals surface area (Å²) in [7, 11) is 1.95. The van der Waals surface area contributed by atoms with Crippen molar-refractivity contribution >= 4 is 17.4 Å². The fourth-order valence-electron chi connectivity index (χ4n) is 1.90. The number of rotatable bonds is 1. The SMILES string of the molecule is CC1C(CC#N)Sc2ccc(F)cc2N1C. The van der Waals surface area contributed by atoms with Gasteiger partial charge in [0.05, 0.1) is 11.8 Å². The highest BCUT2D eigenvalue weighted by Gasteiger charge is 2.29. The quantitative estimate of drug-likeness (QED) is 0.750. The van der Waals surface area contributed by atoms with E-state index in [-0.39, 0.29) is 17.1 Å². The molecular weight excluding hydrogens is 223 g/mol. The molecule has 1 aliphatic heterocycles. The maximum absolute atomic E-state index is 13.2. The standard InChI is InChI=1S/C12H13FN2S/c1-8-11(5-6-14)16-12-4-3-9(13)7-10(12)15(8)2/h3-4,7-8,11H,5H2,1-2H3. The zero-order valence-electron chi connectivity index (χ0n) is 9.27. The number of fused-ring (bicyclic) bond motifs is 1. The van der Waals surface area contributed by atoms with E-state index in [0.29, 0.717) is 6.42 Å². The van der Waals surface area contributed by atoms with Crippen LogP contribution in [-0.2, 0) is 0 Å². The van der Waals surface area contributed by atoms with Gasteiger partial charge in [-0.05, 0) is 25.1 Å². The molecule has 84 valence electrons. The lowest BCUT2D eigenvalue weighted by Crippen LogP contribution is -2.40. The molecule has 2 rings (SSSR count). The Morgan fingerprint density at radius 1 is 1.56 bits per heavy atom.